The Hall–Kier alpha value is -1.42. The van der Waals surface area contributed by atoms with Crippen LogP contribution < -0.4 is 5.32 Å². The van der Waals surface area contributed by atoms with Crippen LogP contribution in [-0.4, -0.2) is 27.6 Å². The average molecular weight is 244 g/mol. The molecule has 18 heavy (non-hydrogen) atoms. The molecule has 3 rings (SSSR count). The van der Waals surface area contributed by atoms with Gasteiger partial charge in [-0.25, -0.2) is 9.97 Å². The van der Waals surface area contributed by atoms with E-state index in [2.05, 4.69) is 34.8 Å². The van der Waals surface area contributed by atoms with Gasteiger partial charge < -0.3 is 9.88 Å². The molecule has 0 bridgehead atoms. The lowest BCUT2D eigenvalue weighted by Gasteiger charge is -2.25. The molecule has 1 aliphatic rings. The number of hydrogen-bond donors (Lipinski definition) is 1. The first-order valence-corrected chi connectivity index (χ1v) is 6.83. The minimum atomic E-state index is 0.557. The maximum absolute atomic E-state index is 4.75. The summed E-state index contributed by atoms with van der Waals surface area (Å²) >= 11 is 0. The van der Waals surface area contributed by atoms with Crippen molar-refractivity contribution in [3.8, 4) is 0 Å². The van der Waals surface area contributed by atoms with E-state index in [9.17, 15) is 0 Å². The number of nitrogens with zero attached hydrogens (tertiary/aromatic N) is 3. The largest absolute Gasteiger partial charge is 0.317 e. The van der Waals surface area contributed by atoms with Crippen LogP contribution in [0.3, 0.4) is 0 Å². The monoisotopic (exact) mass is 244 g/mol. The minimum Gasteiger partial charge on any atom is -0.317 e. The van der Waals surface area contributed by atoms with E-state index in [1.165, 1.54) is 24.2 Å². The molecular weight excluding hydrogens is 224 g/mol. The van der Waals surface area contributed by atoms with Crippen LogP contribution in [0.2, 0.25) is 0 Å². The first kappa shape index (κ1) is 11.7. The number of fused-ring (bicyclic) bond motifs is 1. The summed E-state index contributed by atoms with van der Waals surface area (Å²) in [5, 5.41) is 3.42. The number of rotatable bonds is 2. The summed E-state index contributed by atoms with van der Waals surface area (Å²) in [6.45, 7) is 6.44. The number of imidazole rings is 1. The van der Waals surface area contributed by atoms with Crippen LogP contribution in [0.4, 0.5) is 0 Å². The van der Waals surface area contributed by atoms with Crippen molar-refractivity contribution >= 4 is 11.2 Å². The Morgan fingerprint density at radius 3 is 2.89 bits per heavy atom. The number of pyridine rings is 1. The summed E-state index contributed by atoms with van der Waals surface area (Å²) in [4.78, 5) is 9.35. The van der Waals surface area contributed by atoms with Crippen molar-refractivity contribution < 1.29 is 0 Å². The number of aryl methyl sites for hydroxylation is 2. The Bertz CT molecular complexity index is 552. The Kier molecular flexibility index (Phi) is 3.04. The predicted molar refractivity (Wildman–Crippen MR) is 72.8 cm³/mol. The van der Waals surface area contributed by atoms with Crippen LogP contribution in [0.25, 0.3) is 11.2 Å². The van der Waals surface area contributed by atoms with Crippen molar-refractivity contribution in [3.63, 3.8) is 0 Å². The molecule has 1 N–H and O–H groups in total. The predicted octanol–water partition coefficient (Wildman–Crippen LogP) is 2.23. The van der Waals surface area contributed by atoms with Gasteiger partial charge in [0.2, 0.25) is 0 Å². The molecule has 4 nitrogen and oxygen atoms in total. The zero-order valence-electron chi connectivity index (χ0n) is 11.1. The summed E-state index contributed by atoms with van der Waals surface area (Å²) in [6.07, 6.45) is 5.27. The van der Waals surface area contributed by atoms with Gasteiger partial charge in [-0.15, -0.1) is 0 Å². The fourth-order valence-electron chi connectivity index (χ4n) is 2.83. The number of piperidine rings is 1. The summed E-state index contributed by atoms with van der Waals surface area (Å²) < 4.78 is 2.37. The van der Waals surface area contributed by atoms with Gasteiger partial charge in [-0.2, -0.15) is 0 Å². The molecule has 0 unspecified atom stereocenters. The van der Waals surface area contributed by atoms with Gasteiger partial charge in [-0.3, -0.25) is 0 Å². The highest BCUT2D eigenvalue weighted by atomic mass is 15.2. The smallest absolute Gasteiger partial charge is 0.160 e. The molecule has 0 amide bonds. The Labute approximate surface area is 107 Å². The molecule has 0 radical (unpaired) electrons. The van der Waals surface area contributed by atoms with Gasteiger partial charge in [0.1, 0.15) is 11.3 Å². The topological polar surface area (TPSA) is 42.7 Å². The van der Waals surface area contributed by atoms with Crippen LogP contribution in [0.15, 0.2) is 12.3 Å². The van der Waals surface area contributed by atoms with Crippen LogP contribution in [0, 0.1) is 6.92 Å². The second-order valence-electron chi connectivity index (χ2n) is 5.09. The molecule has 0 spiro atoms. The fourth-order valence-corrected chi connectivity index (χ4v) is 2.83. The molecule has 1 saturated heterocycles. The molecule has 0 aliphatic carbocycles. The molecular formula is C14H20N4. The van der Waals surface area contributed by atoms with Crippen molar-refractivity contribution in [2.24, 2.45) is 0 Å². The van der Waals surface area contributed by atoms with E-state index >= 15 is 0 Å². The van der Waals surface area contributed by atoms with Gasteiger partial charge >= 0.3 is 0 Å². The lowest BCUT2D eigenvalue weighted by molar-refractivity contribution is 0.366. The number of hydrogen-bond acceptors (Lipinski definition) is 3. The summed E-state index contributed by atoms with van der Waals surface area (Å²) in [7, 11) is 0. The first-order chi connectivity index (χ1) is 8.79. The molecule has 96 valence electrons. The van der Waals surface area contributed by atoms with Crippen LogP contribution >= 0.6 is 0 Å². The molecule has 2 aromatic rings. The Morgan fingerprint density at radius 2 is 2.17 bits per heavy atom. The molecule has 2 aromatic heterocycles. The highest BCUT2D eigenvalue weighted by molar-refractivity contribution is 5.72. The van der Waals surface area contributed by atoms with Gasteiger partial charge in [0.05, 0.1) is 0 Å². The van der Waals surface area contributed by atoms with Crippen LogP contribution in [-0.2, 0) is 6.42 Å². The Morgan fingerprint density at radius 1 is 1.39 bits per heavy atom. The molecule has 0 saturated carbocycles. The lowest BCUT2D eigenvalue weighted by atomic mass is 10.1. The van der Waals surface area contributed by atoms with Crippen molar-refractivity contribution in [3.05, 3.63) is 23.7 Å². The number of aromatic nitrogens is 3. The van der Waals surface area contributed by atoms with Gasteiger partial charge in [0.15, 0.2) is 5.65 Å². The SMILES string of the molecule is CCc1nc2cc(C)cnc2n1C1CCNCC1. The summed E-state index contributed by atoms with van der Waals surface area (Å²) in [6, 6.07) is 2.69. The van der Waals surface area contributed by atoms with E-state index in [0.29, 0.717) is 6.04 Å². The van der Waals surface area contributed by atoms with E-state index in [0.717, 1.165) is 30.7 Å². The molecule has 0 aromatic carbocycles. The quantitative estimate of drug-likeness (QED) is 0.881. The van der Waals surface area contributed by atoms with Gasteiger partial charge in [0, 0.05) is 18.7 Å². The lowest BCUT2D eigenvalue weighted by Crippen LogP contribution is -2.30. The molecule has 4 heteroatoms. The fraction of sp³-hybridized carbons (Fsp3) is 0.571. The maximum atomic E-state index is 4.75. The molecule has 0 atom stereocenters. The zero-order chi connectivity index (χ0) is 12.5. The summed E-state index contributed by atoms with van der Waals surface area (Å²) in [5.41, 5.74) is 3.29. The van der Waals surface area contributed by atoms with Crippen molar-refractivity contribution in [2.75, 3.05) is 13.1 Å². The highest BCUT2D eigenvalue weighted by Gasteiger charge is 2.21. The van der Waals surface area contributed by atoms with Crippen molar-refractivity contribution in [1.29, 1.82) is 0 Å². The normalized spacial score (nSPS) is 17.4. The number of nitrogens with one attached hydrogen (secondary N) is 1. The highest BCUT2D eigenvalue weighted by Crippen LogP contribution is 2.26. The van der Waals surface area contributed by atoms with Gasteiger partial charge in [-0.05, 0) is 44.5 Å². The standard InChI is InChI=1S/C14H20N4/c1-3-13-17-12-8-10(2)9-16-14(12)18(13)11-4-6-15-7-5-11/h8-9,11,15H,3-7H2,1-2H3. The van der Waals surface area contributed by atoms with Crippen LogP contribution in [0.5, 0.6) is 0 Å². The van der Waals surface area contributed by atoms with E-state index in [-0.39, 0.29) is 0 Å². The molecule has 1 fully saturated rings. The van der Waals surface area contributed by atoms with E-state index in [1.807, 2.05) is 6.20 Å². The second-order valence-corrected chi connectivity index (χ2v) is 5.09. The van der Waals surface area contributed by atoms with E-state index in [4.69, 9.17) is 4.98 Å². The maximum Gasteiger partial charge on any atom is 0.160 e. The zero-order valence-corrected chi connectivity index (χ0v) is 11.1. The first-order valence-electron chi connectivity index (χ1n) is 6.83. The van der Waals surface area contributed by atoms with Gasteiger partial charge in [0.25, 0.3) is 0 Å². The van der Waals surface area contributed by atoms with E-state index < -0.39 is 0 Å². The average Bonchev–Trinajstić information content (AvgIpc) is 2.77. The Balaban J connectivity index is 2.12. The van der Waals surface area contributed by atoms with Crippen LogP contribution in [0.1, 0.15) is 37.2 Å². The van der Waals surface area contributed by atoms with Crippen molar-refractivity contribution in [2.45, 2.75) is 39.2 Å². The third kappa shape index (κ3) is 1.90. The summed E-state index contributed by atoms with van der Waals surface area (Å²) in [5.74, 6) is 1.18. The van der Waals surface area contributed by atoms with E-state index in [1.54, 1.807) is 0 Å². The van der Waals surface area contributed by atoms with Crippen molar-refractivity contribution in [1.82, 2.24) is 19.9 Å². The van der Waals surface area contributed by atoms with Gasteiger partial charge in [-0.1, -0.05) is 6.92 Å². The second kappa shape index (κ2) is 4.69. The molecule has 1 aliphatic heterocycles. The minimum absolute atomic E-state index is 0.557. The third-order valence-corrected chi connectivity index (χ3v) is 3.73. The third-order valence-electron chi connectivity index (χ3n) is 3.73. The molecule has 3 heterocycles.